The molecule has 0 saturated carbocycles. The first-order chi connectivity index (χ1) is 12.7. The molecule has 3 rings (SSSR count). The Morgan fingerprint density at radius 3 is 2.41 bits per heavy atom. The maximum absolute atomic E-state index is 6.09. The van der Waals surface area contributed by atoms with Crippen LogP contribution in [0.3, 0.4) is 0 Å². The van der Waals surface area contributed by atoms with Gasteiger partial charge in [0.2, 0.25) is 0 Å². The zero-order valence-corrected chi connectivity index (χ0v) is 16.5. The summed E-state index contributed by atoms with van der Waals surface area (Å²) in [6.07, 6.45) is 0.691. The molecule has 6 nitrogen and oxygen atoms in total. The van der Waals surface area contributed by atoms with Gasteiger partial charge in [0, 0.05) is 12.5 Å². The highest BCUT2D eigenvalue weighted by molar-refractivity contribution is 5.85. The Morgan fingerprint density at radius 2 is 1.70 bits per heavy atom. The van der Waals surface area contributed by atoms with Gasteiger partial charge >= 0.3 is 0 Å². The molecule has 0 aliphatic heterocycles. The Morgan fingerprint density at radius 1 is 1.04 bits per heavy atom. The number of aromatic nitrogens is 2. The zero-order chi connectivity index (χ0) is 18.4. The second-order valence-electron chi connectivity index (χ2n) is 5.89. The van der Waals surface area contributed by atoms with Gasteiger partial charge in [-0.1, -0.05) is 29.4 Å². The van der Waals surface area contributed by atoms with E-state index < -0.39 is 0 Å². The van der Waals surface area contributed by atoms with E-state index in [0.29, 0.717) is 42.0 Å². The Bertz CT molecular complexity index is 854. The molecule has 27 heavy (non-hydrogen) atoms. The fraction of sp³-hybridized carbons (Fsp3) is 0.300. The molecule has 1 atom stereocenters. The number of ether oxygens (including phenoxy) is 2. The highest BCUT2D eigenvalue weighted by Crippen LogP contribution is 2.36. The molecule has 0 spiro atoms. The lowest BCUT2D eigenvalue weighted by Gasteiger charge is -2.12. The molecule has 2 aromatic carbocycles. The first-order valence-corrected chi connectivity index (χ1v) is 8.70. The zero-order valence-electron chi connectivity index (χ0n) is 15.6. The van der Waals surface area contributed by atoms with Crippen molar-refractivity contribution in [2.24, 2.45) is 0 Å². The van der Waals surface area contributed by atoms with Crippen LogP contribution >= 0.6 is 12.4 Å². The van der Waals surface area contributed by atoms with E-state index in [-0.39, 0.29) is 18.4 Å². The van der Waals surface area contributed by atoms with Crippen molar-refractivity contribution >= 4 is 12.4 Å². The lowest BCUT2D eigenvalue weighted by molar-refractivity contribution is 0.321. The highest BCUT2D eigenvalue weighted by atomic mass is 35.5. The van der Waals surface area contributed by atoms with Gasteiger partial charge in [0.1, 0.15) is 5.75 Å². The van der Waals surface area contributed by atoms with Crippen molar-refractivity contribution in [3.8, 4) is 28.7 Å². The summed E-state index contributed by atoms with van der Waals surface area (Å²) >= 11 is 0. The van der Waals surface area contributed by atoms with Crippen molar-refractivity contribution in [1.82, 2.24) is 15.5 Å². The fourth-order valence-corrected chi connectivity index (χ4v) is 2.48. The van der Waals surface area contributed by atoms with Crippen molar-refractivity contribution in [3.63, 3.8) is 0 Å². The number of nitrogens with zero attached hydrogens (tertiary/aromatic N) is 2. The van der Waals surface area contributed by atoms with Gasteiger partial charge in [0.05, 0.1) is 12.2 Å². The summed E-state index contributed by atoms with van der Waals surface area (Å²) in [5.41, 5.74) is 0.745. The molecule has 1 N–H and O–H groups in total. The van der Waals surface area contributed by atoms with Crippen LogP contribution in [0.25, 0.3) is 11.5 Å². The largest absolute Gasteiger partial charge is 0.490 e. The Labute approximate surface area is 165 Å². The van der Waals surface area contributed by atoms with Crippen LogP contribution in [0.2, 0.25) is 0 Å². The summed E-state index contributed by atoms with van der Waals surface area (Å²) in [4.78, 5) is 4.50. The third-order valence-electron chi connectivity index (χ3n) is 3.94. The van der Waals surface area contributed by atoms with E-state index in [9.17, 15) is 0 Å². The average molecular weight is 390 g/mol. The second kappa shape index (κ2) is 9.94. The van der Waals surface area contributed by atoms with Crippen molar-refractivity contribution in [2.75, 3.05) is 13.7 Å². The maximum Gasteiger partial charge on any atom is 0.261 e. The number of para-hydroxylation sites is 3. The Kier molecular flexibility index (Phi) is 7.64. The smallest absolute Gasteiger partial charge is 0.261 e. The summed E-state index contributed by atoms with van der Waals surface area (Å²) < 4.78 is 17.2. The van der Waals surface area contributed by atoms with E-state index in [1.54, 1.807) is 0 Å². The Balaban J connectivity index is 0.00000261. The summed E-state index contributed by atoms with van der Waals surface area (Å²) in [5.74, 6) is 3.07. The monoisotopic (exact) mass is 389 g/mol. The molecule has 0 bridgehead atoms. The molecule has 0 saturated heterocycles. The van der Waals surface area contributed by atoms with Gasteiger partial charge in [0.15, 0.2) is 17.3 Å². The van der Waals surface area contributed by atoms with Crippen LogP contribution < -0.4 is 14.8 Å². The number of benzene rings is 2. The number of halogens is 1. The topological polar surface area (TPSA) is 69.4 Å². The predicted octanol–water partition coefficient (Wildman–Crippen LogP) is 4.50. The van der Waals surface area contributed by atoms with E-state index in [4.69, 9.17) is 14.0 Å². The molecular formula is C20H24ClN3O3. The molecule has 1 heterocycles. The number of likely N-dealkylation sites (N-methyl/N-ethyl adjacent to an activating group) is 1. The molecule has 0 radical (unpaired) electrons. The standard InChI is InChI=1S/C20H23N3O3.ClH/c1-4-24-17-11-7-8-12-18(17)25-16-10-6-5-9-15(16)20-22-19(23-26-20)13-14(2)21-3;/h5-12,14,21H,4,13H2,1-3H3;1H. The van der Waals surface area contributed by atoms with Gasteiger partial charge in [-0.3, -0.25) is 0 Å². The lowest BCUT2D eigenvalue weighted by atomic mass is 10.2. The van der Waals surface area contributed by atoms with Crippen molar-refractivity contribution in [1.29, 1.82) is 0 Å². The molecule has 7 heteroatoms. The van der Waals surface area contributed by atoms with Crippen LogP contribution in [0.5, 0.6) is 17.2 Å². The predicted molar refractivity (Wildman–Crippen MR) is 107 cm³/mol. The summed E-state index contributed by atoms with van der Waals surface area (Å²) in [6.45, 7) is 4.58. The number of nitrogens with one attached hydrogen (secondary N) is 1. The van der Waals surface area contributed by atoms with E-state index in [1.165, 1.54) is 0 Å². The SMILES string of the molecule is CCOc1ccccc1Oc1ccccc1-c1nc(CC(C)NC)no1.Cl. The molecule has 0 aliphatic carbocycles. The van der Waals surface area contributed by atoms with Crippen molar-refractivity contribution in [2.45, 2.75) is 26.3 Å². The highest BCUT2D eigenvalue weighted by Gasteiger charge is 2.16. The minimum absolute atomic E-state index is 0. The lowest BCUT2D eigenvalue weighted by Crippen LogP contribution is -2.24. The Hall–Kier alpha value is -2.57. The number of hydrogen-bond acceptors (Lipinski definition) is 6. The van der Waals surface area contributed by atoms with Crippen LogP contribution in [0.15, 0.2) is 53.1 Å². The van der Waals surface area contributed by atoms with Crippen molar-refractivity contribution < 1.29 is 14.0 Å². The van der Waals surface area contributed by atoms with Gasteiger partial charge in [0.25, 0.3) is 5.89 Å². The van der Waals surface area contributed by atoms with Gasteiger partial charge in [-0.05, 0) is 45.2 Å². The van der Waals surface area contributed by atoms with Crippen LogP contribution in [0, 0.1) is 0 Å². The molecule has 0 fully saturated rings. The van der Waals surface area contributed by atoms with Gasteiger partial charge in [-0.2, -0.15) is 4.98 Å². The van der Waals surface area contributed by atoms with Crippen LogP contribution in [0.4, 0.5) is 0 Å². The fourth-order valence-electron chi connectivity index (χ4n) is 2.48. The van der Waals surface area contributed by atoms with E-state index in [1.807, 2.05) is 62.5 Å². The van der Waals surface area contributed by atoms with E-state index >= 15 is 0 Å². The van der Waals surface area contributed by atoms with Crippen molar-refractivity contribution in [3.05, 3.63) is 54.4 Å². The molecule has 1 aromatic heterocycles. The van der Waals surface area contributed by atoms with Gasteiger partial charge < -0.3 is 19.3 Å². The third-order valence-corrected chi connectivity index (χ3v) is 3.94. The second-order valence-corrected chi connectivity index (χ2v) is 5.89. The van der Waals surface area contributed by atoms with Crippen LogP contribution in [-0.4, -0.2) is 29.8 Å². The van der Waals surface area contributed by atoms with Gasteiger partial charge in [-0.25, -0.2) is 0 Å². The molecule has 0 amide bonds. The summed E-state index contributed by atoms with van der Waals surface area (Å²) in [5, 5.41) is 7.23. The molecule has 0 aliphatic rings. The number of rotatable bonds is 8. The van der Waals surface area contributed by atoms with E-state index in [2.05, 4.69) is 22.4 Å². The first-order valence-electron chi connectivity index (χ1n) is 8.70. The minimum atomic E-state index is 0. The third kappa shape index (κ3) is 5.21. The van der Waals surface area contributed by atoms with E-state index in [0.717, 1.165) is 5.56 Å². The summed E-state index contributed by atoms with van der Waals surface area (Å²) in [6, 6.07) is 15.4. The number of hydrogen-bond donors (Lipinski definition) is 1. The molecule has 3 aromatic rings. The maximum atomic E-state index is 6.09. The molecule has 144 valence electrons. The molecular weight excluding hydrogens is 366 g/mol. The molecule has 1 unspecified atom stereocenters. The summed E-state index contributed by atoms with van der Waals surface area (Å²) in [7, 11) is 1.91. The quantitative estimate of drug-likeness (QED) is 0.611. The van der Waals surface area contributed by atoms with Crippen LogP contribution in [0.1, 0.15) is 19.7 Å². The normalized spacial score (nSPS) is 11.5. The first kappa shape index (κ1) is 20.7. The van der Waals surface area contributed by atoms with Crippen LogP contribution in [-0.2, 0) is 6.42 Å². The minimum Gasteiger partial charge on any atom is -0.490 e. The van der Waals surface area contributed by atoms with Gasteiger partial charge in [-0.15, -0.1) is 12.4 Å². The average Bonchev–Trinajstić information content (AvgIpc) is 3.12.